The fraction of sp³-hybridized carbons (Fsp3) is 0.545. The van der Waals surface area contributed by atoms with Crippen molar-refractivity contribution >= 4 is 17.3 Å². The lowest BCUT2D eigenvalue weighted by Gasteiger charge is -2.22. The van der Waals surface area contributed by atoms with E-state index in [2.05, 4.69) is 18.5 Å². The molecule has 0 spiro atoms. The average molecular weight is 228 g/mol. The molecule has 0 aliphatic carbocycles. The molecule has 0 fully saturated rings. The van der Waals surface area contributed by atoms with Crippen LogP contribution in [-0.4, -0.2) is 43.4 Å². The van der Waals surface area contributed by atoms with E-state index in [4.69, 9.17) is 17.0 Å². The number of rotatable bonds is 8. The number of hydrogen-bond donors (Lipinski definition) is 1. The molecule has 0 rings (SSSR count). The molecular formula is C11H20N2OS. The van der Waals surface area contributed by atoms with Crippen molar-refractivity contribution in [2.75, 3.05) is 33.4 Å². The van der Waals surface area contributed by atoms with E-state index in [0.717, 1.165) is 37.8 Å². The van der Waals surface area contributed by atoms with Gasteiger partial charge in [-0.15, -0.1) is 13.2 Å². The Morgan fingerprint density at radius 2 is 2.00 bits per heavy atom. The first kappa shape index (κ1) is 14.1. The Morgan fingerprint density at radius 1 is 1.40 bits per heavy atom. The first-order chi connectivity index (χ1) is 7.26. The molecule has 0 aromatic heterocycles. The third-order valence-corrected chi connectivity index (χ3v) is 2.19. The summed E-state index contributed by atoms with van der Waals surface area (Å²) in [6.45, 7) is 10.4. The summed E-state index contributed by atoms with van der Waals surface area (Å²) >= 11 is 5.23. The maximum atomic E-state index is 5.23. The predicted octanol–water partition coefficient (Wildman–Crippen LogP) is 1.57. The van der Waals surface area contributed by atoms with Gasteiger partial charge in [0.1, 0.15) is 0 Å². The lowest BCUT2D eigenvalue weighted by atomic mass is 10.4. The second kappa shape index (κ2) is 9.68. The lowest BCUT2D eigenvalue weighted by Crippen LogP contribution is -2.40. The summed E-state index contributed by atoms with van der Waals surface area (Å²) in [5, 5.41) is 3.91. The first-order valence-electron chi connectivity index (χ1n) is 4.99. The van der Waals surface area contributed by atoms with Gasteiger partial charge < -0.3 is 15.0 Å². The Hall–Kier alpha value is -0.870. The zero-order valence-electron chi connectivity index (χ0n) is 9.37. The molecule has 4 heteroatoms. The standard InChI is InChI=1S/C11H20N2OS/c1-4-8-13(9-5-2)11(15)12-7-6-10-14-3/h4-5H,1-2,6-10H2,3H3,(H,12,15). The molecule has 0 aliphatic heterocycles. The van der Waals surface area contributed by atoms with Crippen molar-refractivity contribution < 1.29 is 4.74 Å². The summed E-state index contributed by atoms with van der Waals surface area (Å²) in [7, 11) is 1.69. The smallest absolute Gasteiger partial charge is 0.169 e. The Kier molecular flexibility index (Phi) is 9.11. The SMILES string of the molecule is C=CCN(CC=C)C(=S)NCCCOC. The molecule has 0 aromatic carbocycles. The van der Waals surface area contributed by atoms with E-state index in [1.807, 2.05) is 17.1 Å². The van der Waals surface area contributed by atoms with Gasteiger partial charge in [0.05, 0.1) is 0 Å². The molecule has 0 radical (unpaired) electrons. The Morgan fingerprint density at radius 3 is 2.47 bits per heavy atom. The number of ether oxygens (including phenoxy) is 1. The van der Waals surface area contributed by atoms with Gasteiger partial charge in [-0.25, -0.2) is 0 Å². The largest absolute Gasteiger partial charge is 0.385 e. The summed E-state index contributed by atoms with van der Waals surface area (Å²) in [6.07, 6.45) is 4.60. The minimum atomic E-state index is 0.738. The van der Waals surface area contributed by atoms with Gasteiger partial charge in [0.15, 0.2) is 5.11 Å². The van der Waals surface area contributed by atoms with Crippen LogP contribution in [0.1, 0.15) is 6.42 Å². The van der Waals surface area contributed by atoms with Crippen LogP contribution in [0.2, 0.25) is 0 Å². The van der Waals surface area contributed by atoms with Gasteiger partial charge >= 0.3 is 0 Å². The molecule has 3 nitrogen and oxygen atoms in total. The fourth-order valence-corrected chi connectivity index (χ4v) is 1.33. The van der Waals surface area contributed by atoms with Crippen LogP contribution in [-0.2, 0) is 4.74 Å². The third-order valence-electron chi connectivity index (χ3n) is 1.79. The molecule has 0 saturated heterocycles. The molecule has 15 heavy (non-hydrogen) atoms. The van der Waals surface area contributed by atoms with Crippen LogP contribution in [0.15, 0.2) is 25.3 Å². The van der Waals surface area contributed by atoms with Crippen molar-refractivity contribution in [3.63, 3.8) is 0 Å². The van der Waals surface area contributed by atoms with E-state index < -0.39 is 0 Å². The molecule has 0 atom stereocenters. The Bertz CT molecular complexity index is 197. The normalized spacial score (nSPS) is 9.40. The quantitative estimate of drug-likeness (QED) is 0.387. The van der Waals surface area contributed by atoms with Crippen LogP contribution in [0.4, 0.5) is 0 Å². The third kappa shape index (κ3) is 7.11. The van der Waals surface area contributed by atoms with Crippen molar-refractivity contribution in [1.82, 2.24) is 10.2 Å². The van der Waals surface area contributed by atoms with E-state index in [1.54, 1.807) is 7.11 Å². The number of hydrogen-bond acceptors (Lipinski definition) is 2. The minimum absolute atomic E-state index is 0.738. The van der Waals surface area contributed by atoms with E-state index >= 15 is 0 Å². The molecule has 0 aliphatic rings. The van der Waals surface area contributed by atoms with E-state index in [1.165, 1.54) is 0 Å². The van der Waals surface area contributed by atoms with Gasteiger partial charge in [0.25, 0.3) is 0 Å². The molecule has 0 saturated carbocycles. The molecule has 0 amide bonds. The molecule has 0 bridgehead atoms. The molecule has 0 aromatic rings. The molecule has 1 N–H and O–H groups in total. The zero-order chi connectivity index (χ0) is 11.5. The first-order valence-corrected chi connectivity index (χ1v) is 5.40. The van der Waals surface area contributed by atoms with Crippen LogP contribution in [0.25, 0.3) is 0 Å². The number of nitrogens with zero attached hydrogens (tertiary/aromatic N) is 1. The summed E-state index contributed by atoms with van der Waals surface area (Å²) in [4.78, 5) is 2.00. The van der Waals surface area contributed by atoms with Crippen molar-refractivity contribution in [1.29, 1.82) is 0 Å². The van der Waals surface area contributed by atoms with Crippen LogP contribution >= 0.6 is 12.2 Å². The monoisotopic (exact) mass is 228 g/mol. The van der Waals surface area contributed by atoms with Crippen molar-refractivity contribution in [2.24, 2.45) is 0 Å². The summed E-state index contributed by atoms with van der Waals surface area (Å²) in [5.74, 6) is 0. The number of methoxy groups -OCH3 is 1. The topological polar surface area (TPSA) is 24.5 Å². The highest BCUT2D eigenvalue weighted by Crippen LogP contribution is 1.91. The molecule has 0 heterocycles. The van der Waals surface area contributed by atoms with Crippen LogP contribution in [0, 0.1) is 0 Å². The average Bonchev–Trinajstić information content (AvgIpc) is 2.24. The van der Waals surface area contributed by atoms with Gasteiger partial charge in [0, 0.05) is 33.4 Å². The van der Waals surface area contributed by atoms with Gasteiger partial charge in [-0.3, -0.25) is 0 Å². The van der Waals surface area contributed by atoms with Gasteiger partial charge in [0.2, 0.25) is 0 Å². The molecule has 0 unspecified atom stereocenters. The number of nitrogens with one attached hydrogen (secondary N) is 1. The van der Waals surface area contributed by atoms with Crippen LogP contribution < -0.4 is 5.32 Å². The van der Waals surface area contributed by atoms with E-state index in [0.29, 0.717) is 0 Å². The second-order valence-corrected chi connectivity index (χ2v) is 3.45. The highest BCUT2D eigenvalue weighted by molar-refractivity contribution is 7.80. The summed E-state index contributed by atoms with van der Waals surface area (Å²) in [5.41, 5.74) is 0. The maximum Gasteiger partial charge on any atom is 0.169 e. The van der Waals surface area contributed by atoms with Crippen LogP contribution in [0.3, 0.4) is 0 Å². The van der Waals surface area contributed by atoms with Crippen molar-refractivity contribution in [2.45, 2.75) is 6.42 Å². The van der Waals surface area contributed by atoms with Gasteiger partial charge in [-0.1, -0.05) is 12.2 Å². The van der Waals surface area contributed by atoms with E-state index in [9.17, 15) is 0 Å². The maximum absolute atomic E-state index is 5.23. The molecular weight excluding hydrogens is 208 g/mol. The minimum Gasteiger partial charge on any atom is -0.385 e. The Balaban J connectivity index is 3.80. The van der Waals surface area contributed by atoms with Crippen molar-refractivity contribution in [3.8, 4) is 0 Å². The van der Waals surface area contributed by atoms with Gasteiger partial charge in [-0.2, -0.15) is 0 Å². The Labute approximate surface area is 97.8 Å². The highest BCUT2D eigenvalue weighted by Gasteiger charge is 2.04. The highest BCUT2D eigenvalue weighted by atomic mass is 32.1. The zero-order valence-corrected chi connectivity index (χ0v) is 10.2. The predicted molar refractivity (Wildman–Crippen MR) is 69.1 cm³/mol. The summed E-state index contributed by atoms with van der Waals surface area (Å²) < 4.78 is 4.95. The lowest BCUT2D eigenvalue weighted by molar-refractivity contribution is 0.195. The summed E-state index contributed by atoms with van der Waals surface area (Å²) in [6, 6.07) is 0. The van der Waals surface area contributed by atoms with Crippen LogP contribution in [0.5, 0.6) is 0 Å². The van der Waals surface area contributed by atoms with Gasteiger partial charge in [-0.05, 0) is 18.6 Å². The molecule has 86 valence electrons. The second-order valence-electron chi connectivity index (χ2n) is 3.06. The number of thiocarbonyl (C=S) groups is 1. The van der Waals surface area contributed by atoms with E-state index in [-0.39, 0.29) is 0 Å². The van der Waals surface area contributed by atoms with Crippen molar-refractivity contribution in [3.05, 3.63) is 25.3 Å². The fourth-order valence-electron chi connectivity index (χ4n) is 1.08.